The summed E-state index contributed by atoms with van der Waals surface area (Å²) >= 11 is 6.20. The lowest BCUT2D eigenvalue weighted by Crippen LogP contribution is -2.40. The maximum absolute atomic E-state index is 12.3. The number of benzene rings is 2. The van der Waals surface area contributed by atoms with Crippen LogP contribution in [0.4, 0.5) is 4.79 Å². The van der Waals surface area contributed by atoms with Gasteiger partial charge in [-0.25, -0.2) is 4.79 Å². The van der Waals surface area contributed by atoms with Crippen LogP contribution in [-0.2, 0) is 6.42 Å². The van der Waals surface area contributed by atoms with Gasteiger partial charge in [0.05, 0.1) is 18.7 Å². The summed E-state index contributed by atoms with van der Waals surface area (Å²) in [5, 5.41) is 16.1. The number of aliphatic hydroxyl groups is 1. The van der Waals surface area contributed by atoms with Crippen LogP contribution in [0.15, 0.2) is 48.5 Å². The van der Waals surface area contributed by atoms with Crippen molar-refractivity contribution in [3.05, 3.63) is 70.2 Å². The first-order chi connectivity index (χ1) is 11.2. The second-order valence-electron chi connectivity index (χ2n) is 5.66. The molecule has 2 unspecified atom stereocenters. The zero-order chi connectivity index (χ0) is 16.2. The predicted molar refractivity (Wildman–Crippen MR) is 90.5 cm³/mol. The van der Waals surface area contributed by atoms with Crippen LogP contribution in [0.25, 0.3) is 0 Å². The lowest BCUT2D eigenvalue weighted by molar-refractivity contribution is 0.214. The van der Waals surface area contributed by atoms with Crippen molar-refractivity contribution in [2.45, 2.75) is 24.9 Å². The van der Waals surface area contributed by atoms with Gasteiger partial charge in [0, 0.05) is 5.02 Å². The highest BCUT2D eigenvalue weighted by atomic mass is 35.5. The van der Waals surface area contributed by atoms with Gasteiger partial charge >= 0.3 is 6.03 Å². The summed E-state index contributed by atoms with van der Waals surface area (Å²) in [4.78, 5) is 12.3. The van der Waals surface area contributed by atoms with Crippen molar-refractivity contribution in [1.29, 1.82) is 0 Å². The first-order valence-electron chi connectivity index (χ1n) is 7.69. The summed E-state index contributed by atoms with van der Waals surface area (Å²) in [5.41, 5.74) is 3.06. The summed E-state index contributed by atoms with van der Waals surface area (Å²) < 4.78 is 0. The second-order valence-corrected chi connectivity index (χ2v) is 6.07. The second kappa shape index (κ2) is 7.02. The third-order valence-corrected chi connectivity index (χ3v) is 4.56. The zero-order valence-electron chi connectivity index (χ0n) is 12.6. The fourth-order valence-electron chi connectivity index (χ4n) is 3.04. The molecule has 0 heterocycles. The molecule has 0 aliphatic heterocycles. The Hall–Kier alpha value is -2.04. The van der Waals surface area contributed by atoms with E-state index in [0.717, 1.165) is 34.6 Å². The van der Waals surface area contributed by atoms with E-state index in [2.05, 4.69) is 10.6 Å². The maximum atomic E-state index is 12.3. The van der Waals surface area contributed by atoms with Crippen LogP contribution in [0.5, 0.6) is 0 Å². The zero-order valence-corrected chi connectivity index (χ0v) is 13.4. The Balaban J connectivity index is 1.66. The van der Waals surface area contributed by atoms with Crippen LogP contribution < -0.4 is 10.6 Å². The number of carbonyl (C=O) groups is 1. The summed E-state index contributed by atoms with van der Waals surface area (Å²) in [7, 11) is 0. The molecule has 3 N–H and O–H groups in total. The molecule has 1 aliphatic carbocycles. The van der Waals surface area contributed by atoms with Crippen molar-refractivity contribution in [3.63, 3.8) is 0 Å². The molecule has 2 aromatic rings. The Morgan fingerprint density at radius 1 is 1.22 bits per heavy atom. The van der Waals surface area contributed by atoms with Crippen molar-refractivity contribution in [2.75, 3.05) is 6.61 Å². The minimum Gasteiger partial charge on any atom is -0.394 e. The molecule has 0 radical (unpaired) electrons. The van der Waals surface area contributed by atoms with Gasteiger partial charge in [0.15, 0.2) is 0 Å². The fourth-order valence-corrected chi connectivity index (χ4v) is 3.31. The fraction of sp³-hybridized carbons (Fsp3) is 0.278. The predicted octanol–water partition coefficient (Wildman–Crippen LogP) is 3.36. The molecular formula is C18H19ClN2O2. The Morgan fingerprint density at radius 3 is 2.74 bits per heavy atom. The van der Waals surface area contributed by atoms with Gasteiger partial charge in [0.25, 0.3) is 0 Å². The SMILES string of the molecule is O=C(NC(CO)c1ccccc1)NC1CCc2c(Cl)cccc21. The Morgan fingerprint density at radius 2 is 2.00 bits per heavy atom. The van der Waals surface area contributed by atoms with E-state index in [0.29, 0.717) is 0 Å². The molecule has 2 atom stereocenters. The van der Waals surface area contributed by atoms with E-state index in [1.807, 2.05) is 48.5 Å². The molecule has 1 aliphatic rings. The number of rotatable bonds is 4. The van der Waals surface area contributed by atoms with Crippen molar-refractivity contribution in [3.8, 4) is 0 Å². The smallest absolute Gasteiger partial charge is 0.315 e. The van der Waals surface area contributed by atoms with Crippen LogP contribution in [-0.4, -0.2) is 17.7 Å². The van der Waals surface area contributed by atoms with Crippen molar-refractivity contribution in [2.24, 2.45) is 0 Å². The van der Waals surface area contributed by atoms with Gasteiger partial charge < -0.3 is 15.7 Å². The van der Waals surface area contributed by atoms with Crippen LogP contribution in [0.2, 0.25) is 5.02 Å². The number of hydrogen-bond donors (Lipinski definition) is 3. The first-order valence-corrected chi connectivity index (χ1v) is 8.07. The number of halogens is 1. The van der Waals surface area contributed by atoms with Crippen molar-refractivity contribution < 1.29 is 9.90 Å². The van der Waals surface area contributed by atoms with Gasteiger partial charge in [-0.05, 0) is 35.6 Å². The number of urea groups is 1. The van der Waals surface area contributed by atoms with E-state index in [1.54, 1.807) is 0 Å². The van der Waals surface area contributed by atoms with Gasteiger partial charge in [-0.1, -0.05) is 54.1 Å². The minimum absolute atomic E-state index is 0.0428. The van der Waals surface area contributed by atoms with Gasteiger partial charge in [0.2, 0.25) is 0 Å². The molecule has 3 rings (SSSR count). The molecule has 0 saturated heterocycles. The Bertz CT molecular complexity index is 691. The largest absolute Gasteiger partial charge is 0.394 e. The summed E-state index contributed by atoms with van der Waals surface area (Å²) in [6, 6.07) is 14.5. The average molecular weight is 331 g/mol. The average Bonchev–Trinajstić information content (AvgIpc) is 2.98. The van der Waals surface area contributed by atoms with Gasteiger partial charge in [-0.15, -0.1) is 0 Å². The third-order valence-electron chi connectivity index (χ3n) is 4.21. The Labute approximate surface area is 140 Å². The first kappa shape index (κ1) is 15.8. The summed E-state index contributed by atoms with van der Waals surface area (Å²) in [6.07, 6.45) is 1.70. The number of fused-ring (bicyclic) bond motifs is 1. The van der Waals surface area contributed by atoms with Gasteiger partial charge in [0.1, 0.15) is 0 Å². The number of nitrogens with one attached hydrogen (secondary N) is 2. The van der Waals surface area contributed by atoms with Crippen LogP contribution in [0.3, 0.4) is 0 Å². The molecule has 0 bridgehead atoms. The van der Waals surface area contributed by atoms with Crippen LogP contribution in [0, 0.1) is 0 Å². The van der Waals surface area contributed by atoms with Crippen LogP contribution in [0.1, 0.15) is 35.2 Å². The Kier molecular flexibility index (Phi) is 4.84. The van der Waals surface area contributed by atoms with E-state index in [-0.39, 0.29) is 18.7 Å². The van der Waals surface area contributed by atoms with Crippen molar-refractivity contribution in [1.82, 2.24) is 10.6 Å². The standard InChI is InChI=1S/C18H19ClN2O2/c19-15-8-4-7-14-13(15)9-10-16(14)20-18(23)21-17(11-22)12-5-2-1-3-6-12/h1-8,16-17,22H,9-11H2,(H2,20,21,23). The number of hydrogen-bond acceptors (Lipinski definition) is 2. The highest BCUT2D eigenvalue weighted by Crippen LogP contribution is 2.35. The van der Waals surface area contributed by atoms with Crippen LogP contribution >= 0.6 is 11.6 Å². The van der Waals surface area contributed by atoms with E-state index in [1.165, 1.54) is 0 Å². The molecule has 0 saturated carbocycles. The normalized spacial score (nSPS) is 17.4. The monoisotopic (exact) mass is 330 g/mol. The highest BCUT2D eigenvalue weighted by Gasteiger charge is 2.26. The lowest BCUT2D eigenvalue weighted by atomic mass is 10.1. The summed E-state index contributed by atoms with van der Waals surface area (Å²) in [5.74, 6) is 0. The molecule has 0 spiro atoms. The molecule has 0 aromatic heterocycles. The van der Waals surface area contributed by atoms with Gasteiger partial charge in [-0.3, -0.25) is 0 Å². The molecule has 2 aromatic carbocycles. The summed E-state index contributed by atoms with van der Waals surface area (Å²) in [6.45, 7) is -0.148. The van der Waals surface area contributed by atoms with E-state index in [4.69, 9.17) is 11.6 Å². The molecule has 0 fully saturated rings. The van der Waals surface area contributed by atoms with E-state index < -0.39 is 6.04 Å². The molecular weight excluding hydrogens is 312 g/mol. The number of amides is 2. The van der Waals surface area contributed by atoms with Gasteiger partial charge in [-0.2, -0.15) is 0 Å². The lowest BCUT2D eigenvalue weighted by Gasteiger charge is -2.20. The minimum atomic E-state index is -0.420. The molecule has 4 nitrogen and oxygen atoms in total. The quantitative estimate of drug-likeness (QED) is 0.805. The van der Waals surface area contributed by atoms with Crippen molar-refractivity contribution >= 4 is 17.6 Å². The molecule has 120 valence electrons. The highest BCUT2D eigenvalue weighted by molar-refractivity contribution is 6.31. The topological polar surface area (TPSA) is 61.4 Å². The van der Waals surface area contributed by atoms with E-state index >= 15 is 0 Å². The number of carbonyl (C=O) groups excluding carboxylic acids is 1. The molecule has 5 heteroatoms. The third kappa shape index (κ3) is 3.49. The number of aliphatic hydroxyl groups excluding tert-OH is 1. The molecule has 2 amide bonds. The van der Waals surface area contributed by atoms with E-state index in [9.17, 15) is 9.90 Å². The maximum Gasteiger partial charge on any atom is 0.315 e. The molecule has 23 heavy (non-hydrogen) atoms.